The average Bonchev–Trinajstić information content (AvgIpc) is 3.00. The minimum absolute atomic E-state index is 0.00619. The molecular weight excluding hydrogens is 516 g/mol. The van der Waals surface area contributed by atoms with Crippen molar-refractivity contribution in [1.82, 2.24) is 10.2 Å². The van der Waals surface area contributed by atoms with E-state index in [1.54, 1.807) is 4.90 Å². The molecule has 0 bridgehead atoms. The third-order valence-corrected chi connectivity index (χ3v) is 7.29. The first-order valence-electron chi connectivity index (χ1n) is 14.2. The molecule has 0 aliphatic carbocycles. The first-order valence-corrected chi connectivity index (χ1v) is 14.2. The Hall–Kier alpha value is -4.23. The fourth-order valence-electron chi connectivity index (χ4n) is 4.99. The zero-order valence-corrected chi connectivity index (χ0v) is 23.2. The molecule has 0 fully saturated rings. The summed E-state index contributed by atoms with van der Waals surface area (Å²) in [6, 6.07) is 28.8. The van der Waals surface area contributed by atoms with Crippen LogP contribution in [-0.4, -0.2) is 47.5 Å². The molecule has 3 aromatic rings. The zero-order chi connectivity index (χ0) is 28.9. The molecule has 0 spiro atoms. The summed E-state index contributed by atoms with van der Waals surface area (Å²) in [5, 5.41) is 12.5. The van der Waals surface area contributed by atoms with Gasteiger partial charge in [0.05, 0.1) is 25.0 Å². The van der Waals surface area contributed by atoms with Gasteiger partial charge in [0.15, 0.2) is 0 Å². The molecule has 7 nitrogen and oxygen atoms in total. The lowest BCUT2D eigenvalue weighted by atomic mass is 9.94. The van der Waals surface area contributed by atoms with Crippen LogP contribution in [0.25, 0.3) is 0 Å². The van der Waals surface area contributed by atoms with Crippen LogP contribution in [0, 0.1) is 11.8 Å². The smallest absolute Gasteiger partial charge is 0.310 e. The molecule has 1 heterocycles. The molecule has 0 unspecified atom stereocenters. The Balaban J connectivity index is 1.53. The summed E-state index contributed by atoms with van der Waals surface area (Å²) in [5.41, 5.74) is 2.79. The van der Waals surface area contributed by atoms with Crippen molar-refractivity contribution in [2.45, 2.75) is 38.3 Å². The minimum atomic E-state index is -0.658. The van der Waals surface area contributed by atoms with E-state index in [4.69, 9.17) is 4.74 Å². The maximum atomic E-state index is 13.4. The Kier molecular flexibility index (Phi) is 11.3. The quantitative estimate of drug-likeness (QED) is 0.297. The predicted molar refractivity (Wildman–Crippen MR) is 157 cm³/mol. The molecule has 214 valence electrons. The van der Waals surface area contributed by atoms with Crippen LogP contribution in [0.5, 0.6) is 0 Å². The lowest BCUT2D eigenvalue weighted by Crippen LogP contribution is -2.40. The number of cyclic esters (lactones) is 1. The van der Waals surface area contributed by atoms with Crippen LogP contribution in [0.2, 0.25) is 0 Å². The summed E-state index contributed by atoms with van der Waals surface area (Å²) in [6.07, 6.45) is 4.50. The summed E-state index contributed by atoms with van der Waals surface area (Å²) in [4.78, 5) is 41.7. The number of esters is 1. The van der Waals surface area contributed by atoms with E-state index in [2.05, 4.69) is 5.32 Å². The molecule has 0 aromatic heterocycles. The summed E-state index contributed by atoms with van der Waals surface area (Å²) in [7, 11) is 0. The molecule has 4 rings (SSSR count). The number of hydrogen-bond acceptors (Lipinski definition) is 5. The van der Waals surface area contributed by atoms with Crippen molar-refractivity contribution in [3.8, 4) is 0 Å². The fraction of sp³-hybridized carbons (Fsp3) is 0.324. The lowest BCUT2D eigenvalue weighted by molar-refractivity contribution is -0.155. The van der Waals surface area contributed by atoms with Gasteiger partial charge in [-0.3, -0.25) is 14.4 Å². The Bertz CT molecular complexity index is 1280. The van der Waals surface area contributed by atoms with Crippen LogP contribution in [0.4, 0.5) is 0 Å². The van der Waals surface area contributed by atoms with Gasteiger partial charge in [-0.15, -0.1) is 0 Å². The number of rotatable bonds is 9. The predicted octanol–water partition coefficient (Wildman–Crippen LogP) is 4.62. The van der Waals surface area contributed by atoms with Crippen molar-refractivity contribution in [1.29, 1.82) is 0 Å². The van der Waals surface area contributed by atoms with Gasteiger partial charge in [0.25, 0.3) is 0 Å². The number of ether oxygens (including phenoxy) is 1. The highest BCUT2D eigenvalue weighted by molar-refractivity contribution is 5.86. The van der Waals surface area contributed by atoms with Crippen LogP contribution in [-0.2, 0) is 32.1 Å². The van der Waals surface area contributed by atoms with E-state index in [0.717, 1.165) is 16.7 Å². The van der Waals surface area contributed by atoms with E-state index >= 15 is 0 Å². The van der Waals surface area contributed by atoms with Gasteiger partial charge in [-0.05, 0) is 36.0 Å². The molecule has 2 amide bonds. The Morgan fingerprint density at radius 2 is 1.41 bits per heavy atom. The topological polar surface area (TPSA) is 95.9 Å². The molecule has 3 aromatic carbocycles. The van der Waals surface area contributed by atoms with E-state index in [1.807, 2.05) is 103 Å². The number of amides is 2. The van der Waals surface area contributed by atoms with E-state index < -0.39 is 12.0 Å². The van der Waals surface area contributed by atoms with E-state index in [1.165, 1.54) is 0 Å². The Morgan fingerprint density at radius 3 is 2.05 bits per heavy atom. The molecular formula is C34H38N2O5. The number of aliphatic hydroxyl groups excluding tert-OH is 1. The van der Waals surface area contributed by atoms with Crippen molar-refractivity contribution in [3.63, 3.8) is 0 Å². The Morgan fingerprint density at radius 1 is 0.829 bits per heavy atom. The van der Waals surface area contributed by atoms with Gasteiger partial charge < -0.3 is 20.1 Å². The number of carbonyl (C=O) groups excluding carboxylic acids is 3. The number of aliphatic hydroxyl groups is 1. The Labute approximate surface area is 241 Å². The first kappa shape index (κ1) is 29.7. The fourth-order valence-corrected chi connectivity index (χ4v) is 4.99. The SMILES string of the molecule is O=C1NC[C@@H](c2ccccc2)OC(=O)[C@H](Cc2ccccc2)CC=CC[C@@H]1CC(=O)N(CCO)Cc1ccccc1. The average molecular weight is 555 g/mol. The second kappa shape index (κ2) is 15.5. The highest BCUT2D eigenvalue weighted by Crippen LogP contribution is 2.24. The summed E-state index contributed by atoms with van der Waals surface area (Å²) in [6.45, 7) is 0.483. The van der Waals surface area contributed by atoms with Crippen molar-refractivity contribution in [2.24, 2.45) is 11.8 Å². The van der Waals surface area contributed by atoms with Crippen molar-refractivity contribution >= 4 is 17.8 Å². The molecule has 0 saturated carbocycles. The van der Waals surface area contributed by atoms with Crippen LogP contribution >= 0.6 is 0 Å². The second-order valence-corrected chi connectivity index (χ2v) is 10.3. The van der Waals surface area contributed by atoms with Gasteiger partial charge >= 0.3 is 5.97 Å². The number of carbonyl (C=O) groups is 3. The summed E-state index contributed by atoms with van der Waals surface area (Å²) in [5.74, 6) is -1.77. The van der Waals surface area contributed by atoms with E-state index in [-0.39, 0.29) is 49.8 Å². The van der Waals surface area contributed by atoms with Gasteiger partial charge in [-0.25, -0.2) is 0 Å². The maximum absolute atomic E-state index is 13.4. The number of hydrogen-bond donors (Lipinski definition) is 2. The highest BCUT2D eigenvalue weighted by Gasteiger charge is 2.28. The monoisotopic (exact) mass is 554 g/mol. The third kappa shape index (κ3) is 9.15. The first-order chi connectivity index (χ1) is 20.0. The third-order valence-electron chi connectivity index (χ3n) is 7.29. The molecule has 2 N–H and O–H groups in total. The summed E-state index contributed by atoms with van der Waals surface area (Å²) < 4.78 is 6.00. The van der Waals surface area contributed by atoms with Crippen molar-refractivity contribution in [2.75, 3.05) is 19.7 Å². The van der Waals surface area contributed by atoms with Gasteiger partial charge in [0.1, 0.15) is 6.10 Å². The molecule has 41 heavy (non-hydrogen) atoms. The maximum Gasteiger partial charge on any atom is 0.310 e. The molecule has 0 radical (unpaired) electrons. The molecule has 3 atom stereocenters. The van der Waals surface area contributed by atoms with Gasteiger partial charge in [0.2, 0.25) is 11.8 Å². The van der Waals surface area contributed by atoms with Gasteiger partial charge in [0, 0.05) is 19.5 Å². The van der Waals surface area contributed by atoms with E-state index in [9.17, 15) is 19.5 Å². The molecule has 1 aliphatic heterocycles. The van der Waals surface area contributed by atoms with E-state index in [0.29, 0.717) is 25.8 Å². The molecule has 7 heteroatoms. The van der Waals surface area contributed by atoms with Crippen molar-refractivity contribution in [3.05, 3.63) is 120 Å². The van der Waals surface area contributed by atoms with Crippen LogP contribution in [0.3, 0.4) is 0 Å². The van der Waals surface area contributed by atoms with Gasteiger partial charge in [-0.1, -0.05) is 103 Å². The lowest BCUT2D eigenvalue weighted by Gasteiger charge is -2.26. The number of benzene rings is 3. The number of allylic oxidation sites excluding steroid dienone is 2. The summed E-state index contributed by atoms with van der Waals surface area (Å²) >= 11 is 0. The largest absolute Gasteiger partial charge is 0.455 e. The normalized spacial score (nSPS) is 19.8. The number of nitrogens with one attached hydrogen (secondary N) is 1. The zero-order valence-electron chi connectivity index (χ0n) is 23.2. The minimum Gasteiger partial charge on any atom is -0.455 e. The van der Waals surface area contributed by atoms with Crippen LogP contribution in [0.1, 0.15) is 42.1 Å². The van der Waals surface area contributed by atoms with Crippen molar-refractivity contribution < 1.29 is 24.2 Å². The van der Waals surface area contributed by atoms with Crippen LogP contribution in [0.15, 0.2) is 103 Å². The van der Waals surface area contributed by atoms with Gasteiger partial charge in [-0.2, -0.15) is 0 Å². The number of nitrogens with zero attached hydrogens (tertiary/aromatic N) is 1. The second-order valence-electron chi connectivity index (χ2n) is 10.3. The highest BCUT2D eigenvalue weighted by atomic mass is 16.5. The molecule has 1 aliphatic rings. The standard InChI is InChI=1S/C34H38N2O5/c37-21-20-36(25-27-14-6-2-7-15-27)32(38)23-29-18-10-11-19-30(22-26-12-4-1-5-13-26)34(40)41-31(24-35-33(29)39)28-16-8-3-9-17-28/h1-17,29-31,37H,18-25H2,(H,35,39)/t29-,30+,31+/m1/s1. The van der Waals surface area contributed by atoms with Crippen LogP contribution < -0.4 is 5.32 Å². The molecule has 0 saturated heterocycles.